The largest absolute Gasteiger partial charge is 0.341 e. The number of nitrogens with zero attached hydrogens (tertiary/aromatic N) is 1. The molecule has 1 saturated carbocycles. The van der Waals surface area contributed by atoms with Crippen LogP contribution in [0.4, 0.5) is 0 Å². The topological polar surface area (TPSA) is 39.1 Å². The van der Waals surface area contributed by atoms with Gasteiger partial charge in [0.05, 0.1) is 0 Å². The van der Waals surface area contributed by atoms with E-state index >= 15 is 0 Å². The lowest BCUT2D eigenvalue weighted by molar-refractivity contribution is 0.0965. The highest BCUT2D eigenvalue weighted by molar-refractivity contribution is 6.16. The van der Waals surface area contributed by atoms with Gasteiger partial charge in [0.25, 0.3) is 0 Å². The van der Waals surface area contributed by atoms with Crippen LogP contribution in [0.5, 0.6) is 0 Å². The Hall–Kier alpha value is -3.20. The summed E-state index contributed by atoms with van der Waals surface area (Å²) in [5.74, 6) is 0.998. The first-order valence-corrected chi connectivity index (χ1v) is 11.8. The Kier molecular flexibility index (Phi) is 5.42. The zero-order chi connectivity index (χ0) is 22.2. The molecule has 1 aromatic heterocycles. The molecular weight excluding hydrogens is 394 g/mol. The second-order valence-electron chi connectivity index (χ2n) is 9.11. The van der Waals surface area contributed by atoms with E-state index in [2.05, 4.69) is 17.6 Å². The Morgan fingerprint density at radius 3 is 2.19 bits per heavy atom. The molecule has 4 aromatic rings. The van der Waals surface area contributed by atoms with Gasteiger partial charge in [0, 0.05) is 51.5 Å². The van der Waals surface area contributed by atoms with E-state index < -0.39 is 0 Å². The van der Waals surface area contributed by atoms with Crippen molar-refractivity contribution in [3.05, 3.63) is 82.9 Å². The molecule has 1 aliphatic carbocycles. The van der Waals surface area contributed by atoms with E-state index in [1.165, 1.54) is 19.3 Å². The minimum absolute atomic E-state index is 0.0372. The summed E-state index contributed by atoms with van der Waals surface area (Å²) in [4.78, 5) is 26.1. The van der Waals surface area contributed by atoms with Crippen LogP contribution in [0.1, 0.15) is 70.9 Å². The number of benzene rings is 3. The van der Waals surface area contributed by atoms with Crippen LogP contribution in [0.2, 0.25) is 0 Å². The molecule has 0 bridgehead atoms. The van der Waals surface area contributed by atoms with Crippen LogP contribution in [-0.4, -0.2) is 16.1 Å². The van der Waals surface area contributed by atoms with Crippen LogP contribution in [0.3, 0.4) is 0 Å². The molecular formula is C29H29NO2. The van der Waals surface area contributed by atoms with Crippen LogP contribution in [-0.2, 0) is 6.54 Å². The first-order chi connectivity index (χ1) is 15.6. The number of rotatable bonds is 7. The highest BCUT2D eigenvalue weighted by atomic mass is 16.1. The predicted molar refractivity (Wildman–Crippen MR) is 131 cm³/mol. The number of fused-ring (bicyclic) bond motifs is 3. The van der Waals surface area contributed by atoms with E-state index in [0.717, 1.165) is 57.4 Å². The van der Waals surface area contributed by atoms with Crippen molar-refractivity contribution in [1.29, 1.82) is 0 Å². The van der Waals surface area contributed by atoms with E-state index in [9.17, 15) is 9.59 Å². The summed E-state index contributed by atoms with van der Waals surface area (Å²) in [7, 11) is 0. The van der Waals surface area contributed by atoms with E-state index in [-0.39, 0.29) is 11.6 Å². The third-order valence-electron chi connectivity index (χ3n) is 7.16. The molecule has 1 aliphatic rings. The van der Waals surface area contributed by atoms with Crippen molar-refractivity contribution in [2.75, 3.05) is 0 Å². The molecule has 0 amide bonds. The Bertz CT molecular complexity index is 1340. The first-order valence-electron chi connectivity index (χ1n) is 11.8. The number of ketones is 2. The molecule has 32 heavy (non-hydrogen) atoms. The predicted octanol–water partition coefficient (Wildman–Crippen LogP) is 7.12. The van der Waals surface area contributed by atoms with Crippen molar-refractivity contribution in [3.8, 4) is 0 Å². The van der Waals surface area contributed by atoms with Crippen molar-refractivity contribution in [2.24, 2.45) is 5.92 Å². The van der Waals surface area contributed by atoms with Crippen molar-refractivity contribution in [1.82, 2.24) is 4.57 Å². The lowest BCUT2D eigenvalue weighted by Crippen LogP contribution is -2.12. The zero-order valence-electron chi connectivity index (χ0n) is 18.9. The Balaban J connectivity index is 1.57. The summed E-state index contributed by atoms with van der Waals surface area (Å²) < 4.78 is 2.26. The van der Waals surface area contributed by atoms with Crippen LogP contribution in [0.15, 0.2) is 60.7 Å². The second kappa shape index (κ2) is 8.38. The third-order valence-corrected chi connectivity index (χ3v) is 7.16. The van der Waals surface area contributed by atoms with Crippen LogP contribution in [0, 0.1) is 12.8 Å². The summed E-state index contributed by atoms with van der Waals surface area (Å²) in [6, 6.07) is 19.8. The van der Waals surface area contributed by atoms with Gasteiger partial charge in [0.1, 0.15) is 0 Å². The third kappa shape index (κ3) is 3.56. The molecule has 5 rings (SSSR count). The quantitative estimate of drug-likeness (QED) is 0.297. The maximum atomic E-state index is 13.2. The molecule has 1 heterocycles. The number of aromatic nitrogens is 1. The van der Waals surface area contributed by atoms with Crippen molar-refractivity contribution >= 4 is 33.4 Å². The summed E-state index contributed by atoms with van der Waals surface area (Å²) in [5, 5.41) is 2.09. The van der Waals surface area contributed by atoms with Gasteiger partial charge in [-0.1, -0.05) is 43.5 Å². The Labute approximate surface area is 189 Å². The van der Waals surface area contributed by atoms with Crippen LogP contribution >= 0.6 is 0 Å². The van der Waals surface area contributed by atoms with Gasteiger partial charge in [-0.2, -0.15) is 0 Å². The molecule has 1 fully saturated rings. The summed E-state index contributed by atoms with van der Waals surface area (Å²) in [5.41, 5.74) is 5.39. The molecule has 0 radical (unpaired) electrons. The minimum Gasteiger partial charge on any atom is -0.341 e. The first kappa shape index (κ1) is 20.7. The van der Waals surface area contributed by atoms with Crippen molar-refractivity contribution < 1.29 is 9.59 Å². The molecule has 0 unspecified atom stereocenters. The van der Waals surface area contributed by atoms with Gasteiger partial charge in [-0.25, -0.2) is 0 Å². The monoisotopic (exact) mass is 423 g/mol. The SMILES string of the molecule is CCn1c2ccc(C(=O)CCC3CCC3)cc2c2cc(C(=O)c3ccccc3C)ccc21. The standard InChI is InChI=1S/C29H29NO2/c1-3-30-26-14-12-21(28(31)16-11-20-8-6-9-20)17-24(26)25-18-22(13-15-27(25)30)29(32)23-10-5-4-7-19(23)2/h4-5,7,10,12-15,17-18,20H,3,6,8-9,11,16H2,1-2H3. The highest BCUT2D eigenvalue weighted by Crippen LogP contribution is 2.33. The molecule has 3 aromatic carbocycles. The van der Waals surface area contributed by atoms with Crippen LogP contribution in [0.25, 0.3) is 21.8 Å². The van der Waals surface area contributed by atoms with Crippen molar-refractivity contribution in [2.45, 2.75) is 52.5 Å². The summed E-state index contributed by atoms with van der Waals surface area (Å²) in [6.07, 6.45) is 5.48. The molecule has 0 spiro atoms. The summed E-state index contributed by atoms with van der Waals surface area (Å²) >= 11 is 0. The molecule has 162 valence electrons. The number of carbonyl (C=O) groups is 2. The fourth-order valence-electron chi connectivity index (χ4n) is 5.00. The molecule has 0 atom stereocenters. The number of carbonyl (C=O) groups excluding carboxylic acids is 2. The van der Waals surface area contributed by atoms with Crippen molar-refractivity contribution in [3.63, 3.8) is 0 Å². The fraction of sp³-hybridized carbons (Fsp3) is 0.310. The molecule has 0 N–H and O–H groups in total. The van der Waals surface area contributed by atoms with Gasteiger partial charge >= 0.3 is 0 Å². The Morgan fingerprint density at radius 2 is 1.56 bits per heavy atom. The fourth-order valence-corrected chi connectivity index (χ4v) is 5.00. The van der Waals surface area contributed by atoms with Gasteiger partial charge in [-0.3, -0.25) is 9.59 Å². The van der Waals surface area contributed by atoms with E-state index in [0.29, 0.717) is 12.0 Å². The molecule has 3 heteroatoms. The maximum absolute atomic E-state index is 13.2. The normalized spacial score (nSPS) is 14.1. The van der Waals surface area contributed by atoms with Gasteiger partial charge in [0.15, 0.2) is 11.6 Å². The van der Waals surface area contributed by atoms with E-state index in [1.807, 2.05) is 61.5 Å². The maximum Gasteiger partial charge on any atom is 0.193 e. The molecule has 3 nitrogen and oxygen atoms in total. The average Bonchev–Trinajstić information content (AvgIpc) is 3.10. The molecule has 0 aliphatic heterocycles. The van der Waals surface area contributed by atoms with Gasteiger partial charge in [0.2, 0.25) is 0 Å². The number of aryl methyl sites for hydroxylation is 2. The minimum atomic E-state index is 0.0372. The number of hydrogen-bond acceptors (Lipinski definition) is 2. The van der Waals surface area contributed by atoms with Gasteiger partial charge in [-0.05, 0) is 68.1 Å². The van der Waals surface area contributed by atoms with E-state index in [1.54, 1.807) is 0 Å². The van der Waals surface area contributed by atoms with Gasteiger partial charge in [-0.15, -0.1) is 0 Å². The van der Waals surface area contributed by atoms with Crippen LogP contribution < -0.4 is 0 Å². The number of Topliss-reactive ketones (excluding diaryl/α,β-unsaturated/α-hetero) is 1. The zero-order valence-corrected chi connectivity index (χ0v) is 18.9. The second-order valence-corrected chi connectivity index (χ2v) is 9.11. The average molecular weight is 424 g/mol. The Morgan fingerprint density at radius 1 is 0.906 bits per heavy atom. The lowest BCUT2D eigenvalue weighted by Gasteiger charge is -2.24. The highest BCUT2D eigenvalue weighted by Gasteiger charge is 2.20. The van der Waals surface area contributed by atoms with Gasteiger partial charge < -0.3 is 4.57 Å². The lowest BCUT2D eigenvalue weighted by atomic mass is 9.81. The summed E-state index contributed by atoms with van der Waals surface area (Å²) in [6.45, 7) is 4.93. The smallest absolute Gasteiger partial charge is 0.193 e. The number of hydrogen-bond donors (Lipinski definition) is 0. The van der Waals surface area contributed by atoms with E-state index in [4.69, 9.17) is 0 Å². The molecule has 0 saturated heterocycles.